The van der Waals surface area contributed by atoms with Gasteiger partial charge in [-0.25, -0.2) is 0 Å². The topological polar surface area (TPSA) is 23.6 Å². The Kier molecular flexibility index (Phi) is 4.87. The highest BCUT2D eigenvalue weighted by atomic mass is 35.5. The third-order valence-corrected chi connectivity index (χ3v) is 3.50. The van der Waals surface area contributed by atoms with Gasteiger partial charge in [-0.15, -0.1) is 11.6 Å². The Bertz CT molecular complexity index is 211. The van der Waals surface area contributed by atoms with E-state index in [1.807, 2.05) is 4.90 Å². The van der Waals surface area contributed by atoms with E-state index in [1.54, 1.807) is 0 Å². The van der Waals surface area contributed by atoms with Crippen LogP contribution >= 0.6 is 11.6 Å². The number of piperazine rings is 1. The standard InChI is InChI=1S/C11H21ClN2O/c1-9-7-14(8-10(2)13(9)3)11(15)5-4-6-12/h9-10H,4-8H2,1-3H3. The molecule has 1 heterocycles. The molecule has 0 bridgehead atoms. The normalized spacial score (nSPS) is 28.1. The fourth-order valence-corrected chi connectivity index (χ4v) is 2.12. The number of carbonyl (C=O) groups is 1. The Morgan fingerprint density at radius 2 is 1.87 bits per heavy atom. The van der Waals surface area contributed by atoms with Crippen LogP contribution in [0, 0.1) is 0 Å². The third-order valence-electron chi connectivity index (χ3n) is 3.24. The second-order valence-corrected chi connectivity index (χ2v) is 4.83. The fraction of sp³-hybridized carbons (Fsp3) is 0.909. The van der Waals surface area contributed by atoms with Crippen molar-refractivity contribution in [2.24, 2.45) is 0 Å². The quantitative estimate of drug-likeness (QED) is 0.690. The molecule has 0 spiro atoms. The summed E-state index contributed by atoms with van der Waals surface area (Å²) in [6.07, 6.45) is 1.38. The van der Waals surface area contributed by atoms with Gasteiger partial charge in [0, 0.05) is 37.5 Å². The summed E-state index contributed by atoms with van der Waals surface area (Å²) in [5, 5.41) is 0. The van der Waals surface area contributed by atoms with Crippen LogP contribution in [0.15, 0.2) is 0 Å². The molecule has 0 aromatic carbocycles. The van der Waals surface area contributed by atoms with E-state index in [2.05, 4.69) is 25.8 Å². The molecule has 88 valence electrons. The van der Waals surface area contributed by atoms with E-state index < -0.39 is 0 Å². The van der Waals surface area contributed by atoms with Crippen molar-refractivity contribution in [3.63, 3.8) is 0 Å². The first-order chi connectivity index (χ1) is 7.06. The minimum Gasteiger partial charge on any atom is -0.340 e. The lowest BCUT2D eigenvalue weighted by atomic mass is 10.1. The number of carbonyl (C=O) groups excluding carboxylic acids is 1. The molecule has 0 aromatic heterocycles. The number of hydrogen-bond donors (Lipinski definition) is 0. The smallest absolute Gasteiger partial charge is 0.222 e. The average Bonchev–Trinajstić information content (AvgIpc) is 2.21. The van der Waals surface area contributed by atoms with Gasteiger partial charge in [0.2, 0.25) is 5.91 Å². The maximum absolute atomic E-state index is 11.8. The van der Waals surface area contributed by atoms with Crippen LogP contribution < -0.4 is 0 Å². The first-order valence-electron chi connectivity index (χ1n) is 5.62. The largest absolute Gasteiger partial charge is 0.340 e. The molecule has 2 atom stereocenters. The van der Waals surface area contributed by atoms with Gasteiger partial charge >= 0.3 is 0 Å². The fourth-order valence-electron chi connectivity index (χ4n) is 1.98. The number of alkyl halides is 1. The van der Waals surface area contributed by atoms with Gasteiger partial charge in [-0.05, 0) is 27.3 Å². The van der Waals surface area contributed by atoms with Crippen molar-refractivity contribution in [3.05, 3.63) is 0 Å². The molecular formula is C11H21ClN2O. The van der Waals surface area contributed by atoms with E-state index in [4.69, 9.17) is 11.6 Å². The molecule has 1 saturated heterocycles. The van der Waals surface area contributed by atoms with Crippen LogP contribution in [0.1, 0.15) is 26.7 Å². The second-order valence-electron chi connectivity index (χ2n) is 4.45. The van der Waals surface area contributed by atoms with Crippen molar-refractivity contribution in [2.75, 3.05) is 26.0 Å². The highest BCUT2D eigenvalue weighted by Gasteiger charge is 2.28. The van der Waals surface area contributed by atoms with Crippen molar-refractivity contribution >= 4 is 17.5 Å². The van der Waals surface area contributed by atoms with Crippen LogP contribution in [0.5, 0.6) is 0 Å². The number of nitrogens with zero attached hydrogens (tertiary/aromatic N) is 2. The molecule has 0 aromatic rings. The maximum atomic E-state index is 11.8. The van der Waals surface area contributed by atoms with Crippen LogP contribution in [0.4, 0.5) is 0 Å². The van der Waals surface area contributed by atoms with Crippen molar-refractivity contribution < 1.29 is 4.79 Å². The monoisotopic (exact) mass is 232 g/mol. The zero-order valence-corrected chi connectivity index (χ0v) is 10.6. The zero-order chi connectivity index (χ0) is 11.4. The summed E-state index contributed by atoms with van der Waals surface area (Å²) in [7, 11) is 2.12. The summed E-state index contributed by atoms with van der Waals surface area (Å²) in [6.45, 7) is 6.03. The summed E-state index contributed by atoms with van der Waals surface area (Å²) in [4.78, 5) is 16.1. The van der Waals surface area contributed by atoms with Crippen LogP contribution in [0.3, 0.4) is 0 Å². The summed E-state index contributed by atoms with van der Waals surface area (Å²) >= 11 is 5.59. The van der Waals surface area contributed by atoms with E-state index in [-0.39, 0.29) is 5.91 Å². The Labute approximate surface area is 97.4 Å². The lowest BCUT2D eigenvalue weighted by molar-refractivity contribution is -0.135. The van der Waals surface area contributed by atoms with Crippen molar-refractivity contribution in [1.29, 1.82) is 0 Å². The highest BCUT2D eigenvalue weighted by molar-refractivity contribution is 6.17. The van der Waals surface area contributed by atoms with Crippen LogP contribution in [0.25, 0.3) is 0 Å². The van der Waals surface area contributed by atoms with Crippen LogP contribution in [0.2, 0.25) is 0 Å². The molecule has 1 aliphatic rings. The zero-order valence-electron chi connectivity index (χ0n) is 9.87. The Morgan fingerprint density at radius 3 is 2.33 bits per heavy atom. The molecule has 0 saturated carbocycles. The van der Waals surface area contributed by atoms with Crippen molar-refractivity contribution in [3.8, 4) is 0 Å². The van der Waals surface area contributed by atoms with E-state index in [1.165, 1.54) is 0 Å². The van der Waals surface area contributed by atoms with Gasteiger partial charge in [-0.3, -0.25) is 9.69 Å². The Balaban J connectivity index is 2.46. The minimum absolute atomic E-state index is 0.252. The van der Waals surface area contributed by atoms with Gasteiger partial charge in [0.05, 0.1) is 0 Å². The van der Waals surface area contributed by atoms with E-state index in [9.17, 15) is 4.79 Å². The summed E-state index contributed by atoms with van der Waals surface area (Å²) in [5.74, 6) is 0.826. The molecule has 0 radical (unpaired) electrons. The number of halogens is 1. The van der Waals surface area contributed by atoms with E-state index in [0.717, 1.165) is 19.5 Å². The summed E-state index contributed by atoms with van der Waals surface area (Å²) in [6, 6.07) is 0.905. The van der Waals surface area contributed by atoms with E-state index >= 15 is 0 Å². The first kappa shape index (κ1) is 12.8. The molecule has 0 aliphatic carbocycles. The third kappa shape index (κ3) is 3.35. The maximum Gasteiger partial charge on any atom is 0.222 e. The first-order valence-corrected chi connectivity index (χ1v) is 6.15. The average molecular weight is 233 g/mol. The van der Waals surface area contributed by atoms with Gasteiger partial charge in [-0.1, -0.05) is 0 Å². The summed E-state index contributed by atoms with van der Waals surface area (Å²) in [5.41, 5.74) is 0. The SMILES string of the molecule is CC1CN(C(=O)CCCCl)CC(C)N1C. The molecule has 1 rings (SSSR count). The Morgan fingerprint density at radius 1 is 1.33 bits per heavy atom. The van der Waals surface area contributed by atoms with Crippen molar-refractivity contribution in [2.45, 2.75) is 38.8 Å². The molecule has 0 N–H and O–H groups in total. The van der Waals surface area contributed by atoms with Gasteiger partial charge in [0.1, 0.15) is 0 Å². The number of amides is 1. The van der Waals surface area contributed by atoms with E-state index in [0.29, 0.717) is 24.4 Å². The van der Waals surface area contributed by atoms with Crippen LogP contribution in [-0.2, 0) is 4.79 Å². The van der Waals surface area contributed by atoms with Gasteiger partial charge in [0.15, 0.2) is 0 Å². The minimum atomic E-state index is 0.252. The van der Waals surface area contributed by atoms with Crippen LogP contribution in [-0.4, -0.2) is 53.8 Å². The van der Waals surface area contributed by atoms with Crippen molar-refractivity contribution in [1.82, 2.24) is 9.80 Å². The summed E-state index contributed by atoms with van der Waals surface area (Å²) < 4.78 is 0. The lowest BCUT2D eigenvalue weighted by Gasteiger charge is -2.42. The molecule has 2 unspecified atom stereocenters. The predicted molar refractivity (Wildman–Crippen MR) is 63.2 cm³/mol. The predicted octanol–water partition coefficient (Wildman–Crippen LogP) is 1.56. The molecule has 1 aliphatic heterocycles. The lowest BCUT2D eigenvalue weighted by Crippen LogP contribution is -2.56. The molecule has 4 heteroatoms. The second kappa shape index (κ2) is 5.71. The van der Waals surface area contributed by atoms with Gasteiger partial charge in [0.25, 0.3) is 0 Å². The van der Waals surface area contributed by atoms with Gasteiger partial charge < -0.3 is 4.90 Å². The number of rotatable bonds is 3. The molecule has 1 amide bonds. The molecule has 1 fully saturated rings. The number of hydrogen-bond acceptors (Lipinski definition) is 2. The molecule has 15 heavy (non-hydrogen) atoms. The molecule has 3 nitrogen and oxygen atoms in total. The highest BCUT2D eigenvalue weighted by Crippen LogP contribution is 2.14. The molecular weight excluding hydrogens is 212 g/mol. The van der Waals surface area contributed by atoms with Gasteiger partial charge in [-0.2, -0.15) is 0 Å². The number of likely N-dealkylation sites (N-methyl/N-ethyl adjacent to an activating group) is 1. The Hall–Kier alpha value is -0.280.